The molecule has 0 aliphatic carbocycles. The van der Waals surface area contributed by atoms with Crippen LogP contribution in [-0.4, -0.2) is 34.3 Å². The van der Waals surface area contributed by atoms with Crippen LogP contribution in [0, 0.1) is 18.3 Å². The van der Waals surface area contributed by atoms with E-state index in [1.165, 1.54) is 0 Å². The Labute approximate surface area is 164 Å². The molecule has 0 spiro atoms. The summed E-state index contributed by atoms with van der Waals surface area (Å²) in [5, 5.41) is 19.5. The summed E-state index contributed by atoms with van der Waals surface area (Å²) >= 11 is 0. The van der Waals surface area contributed by atoms with Gasteiger partial charge in [0.2, 0.25) is 0 Å². The molecule has 1 unspecified atom stereocenters. The lowest BCUT2D eigenvalue weighted by atomic mass is 10.1. The highest BCUT2D eigenvalue weighted by Gasteiger charge is 2.26. The number of nitriles is 1. The Hall–Kier alpha value is -3.17. The summed E-state index contributed by atoms with van der Waals surface area (Å²) in [5.74, 6) is 2.33. The Morgan fingerprint density at radius 1 is 1.21 bits per heavy atom. The fourth-order valence-electron chi connectivity index (χ4n) is 3.66. The lowest BCUT2D eigenvalue weighted by Gasteiger charge is -2.25. The molecule has 0 amide bonds. The summed E-state index contributed by atoms with van der Waals surface area (Å²) in [6, 6.07) is 15.4. The lowest BCUT2D eigenvalue weighted by Crippen LogP contribution is -2.33. The Balaban J connectivity index is 1.59. The van der Waals surface area contributed by atoms with Crippen molar-refractivity contribution in [2.75, 3.05) is 18.1 Å². The Bertz CT molecular complexity index is 1030. The van der Waals surface area contributed by atoms with Crippen molar-refractivity contribution < 1.29 is 9.84 Å². The van der Waals surface area contributed by atoms with Crippen molar-refractivity contribution in [2.45, 2.75) is 32.4 Å². The molecule has 6 heteroatoms. The van der Waals surface area contributed by atoms with Gasteiger partial charge in [-0.3, -0.25) is 0 Å². The number of benzene rings is 2. The molecule has 0 saturated carbocycles. The quantitative estimate of drug-likeness (QED) is 0.737. The average Bonchev–Trinajstić information content (AvgIpc) is 3.20. The Morgan fingerprint density at radius 2 is 2.04 bits per heavy atom. The molecule has 28 heavy (non-hydrogen) atoms. The van der Waals surface area contributed by atoms with E-state index in [2.05, 4.69) is 20.9 Å². The fourth-order valence-corrected chi connectivity index (χ4v) is 3.66. The van der Waals surface area contributed by atoms with E-state index in [-0.39, 0.29) is 12.6 Å². The molecule has 0 radical (unpaired) electrons. The van der Waals surface area contributed by atoms with E-state index in [0.717, 1.165) is 47.4 Å². The van der Waals surface area contributed by atoms with Crippen LogP contribution in [0.15, 0.2) is 42.5 Å². The maximum absolute atomic E-state index is 9.67. The summed E-state index contributed by atoms with van der Waals surface area (Å²) in [5.41, 5.74) is 2.47. The van der Waals surface area contributed by atoms with Crippen molar-refractivity contribution in [2.24, 2.45) is 0 Å². The number of hydrogen-bond acceptors (Lipinski definition) is 6. The van der Waals surface area contributed by atoms with E-state index in [0.29, 0.717) is 18.0 Å². The monoisotopic (exact) mass is 374 g/mol. The topological polar surface area (TPSA) is 82.3 Å². The summed E-state index contributed by atoms with van der Waals surface area (Å²) in [6.45, 7) is 3.34. The van der Waals surface area contributed by atoms with Crippen molar-refractivity contribution in [3.8, 4) is 11.8 Å². The fraction of sp³-hybridized carbons (Fsp3) is 0.318. The minimum atomic E-state index is 0.116. The SMILES string of the molecule is Cc1nc(N2CCCC2CO)c2ccc(OCc3ccc(C#N)cc3)cc2n1. The first-order chi connectivity index (χ1) is 13.7. The van der Waals surface area contributed by atoms with Crippen molar-refractivity contribution in [3.05, 3.63) is 59.4 Å². The number of nitrogens with zero attached hydrogens (tertiary/aromatic N) is 4. The van der Waals surface area contributed by atoms with Crippen LogP contribution in [0.3, 0.4) is 0 Å². The molecule has 0 bridgehead atoms. The lowest BCUT2D eigenvalue weighted by molar-refractivity contribution is 0.266. The molecular formula is C22H22N4O2. The minimum absolute atomic E-state index is 0.116. The van der Waals surface area contributed by atoms with Gasteiger partial charge < -0.3 is 14.7 Å². The first-order valence-electron chi connectivity index (χ1n) is 9.45. The minimum Gasteiger partial charge on any atom is -0.489 e. The number of aryl methyl sites for hydroxylation is 1. The van der Waals surface area contributed by atoms with Crippen LogP contribution in [0.5, 0.6) is 5.75 Å². The molecule has 1 saturated heterocycles. The smallest absolute Gasteiger partial charge is 0.140 e. The number of aliphatic hydroxyl groups is 1. The molecule has 1 fully saturated rings. The van der Waals surface area contributed by atoms with Crippen LogP contribution in [0.25, 0.3) is 10.9 Å². The van der Waals surface area contributed by atoms with Gasteiger partial charge >= 0.3 is 0 Å². The molecule has 1 aromatic heterocycles. The number of hydrogen-bond donors (Lipinski definition) is 1. The maximum Gasteiger partial charge on any atom is 0.140 e. The third kappa shape index (κ3) is 3.62. The molecule has 3 aromatic rings. The van der Waals surface area contributed by atoms with Crippen LogP contribution in [0.2, 0.25) is 0 Å². The molecule has 1 N–H and O–H groups in total. The summed E-state index contributed by atoms with van der Waals surface area (Å²) in [4.78, 5) is 11.4. The molecule has 2 aromatic carbocycles. The number of rotatable bonds is 5. The van der Waals surface area contributed by atoms with E-state index >= 15 is 0 Å². The van der Waals surface area contributed by atoms with Gasteiger partial charge in [-0.15, -0.1) is 0 Å². The molecule has 4 rings (SSSR count). The van der Waals surface area contributed by atoms with Gasteiger partial charge in [-0.2, -0.15) is 5.26 Å². The highest BCUT2D eigenvalue weighted by molar-refractivity contribution is 5.90. The van der Waals surface area contributed by atoms with Crippen LogP contribution in [0.1, 0.15) is 29.8 Å². The van der Waals surface area contributed by atoms with Gasteiger partial charge in [0.05, 0.1) is 29.8 Å². The Kier molecular flexibility index (Phi) is 5.09. The van der Waals surface area contributed by atoms with Gasteiger partial charge in [-0.05, 0) is 49.6 Å². The molecule has 142 valence electrons. The van der Waals surface area contributed by atoms with Gasteiger partial charge in [0.15, 0.2) is 0 Å². The number of ether oxygens (including phenoxy) is 1. The largest absolute Gasteiger partial charge is 0.489 e. The van der Waals surface area contributed by atoms with E-state index < -0.39 is 0 Å². The molecule has 1 aliphatic rings. The van der Waals surface area contributed by atoms with Crippen LogP contribution in [0.4, 0.5) is 5.82 Å². The van der Waals surface area contributed by atoms with Gasteiger partial charge in [-0.25, -0.2) is 9.97 Å². The first kappa shape index (κ1) is 18.2. The zero-order valence-electron chi connectivity index (χ0n) is 15.8. The molecule has 2 heterocycles. The predicted octanol–water partition coefficient (Wildman–Crippen LogP) is 3.35. The van der Waals surface area contributed by atoms with Crippen molar-refractivity contribution in [3.63, 3.8) is 0 Å². The van der Waals surface area contributed by atoms with Crippen molar-refractivity contribution in [1.82, 2.24) is 9.97 Å². The number of anilines is 1. The second kappa shape index (κ2) is 7.83. The molecular weight excluding hydrogens is 352 g/mol. The van der Waals surface area contributed by atoms with Crippen LogP contribution >= 0.6 is 0 Å². The van der Waals surface area contributed by atoms with E-state index in [1.54, 1.807) is 12.1 Å². The third-order valence-corrected chi connectivity index (χ3v) is 5.11. The first-order valence-corrected chi connectivity index (χ1v) is 9.45. The Morgan fingerprint density at radius 3 is 2.79 bits per heavy atom. The van der Waals surface area contributed by atoms with Crippen LogP contribution in [-0.2, 0) is 6.61 Å². The van der Waals surface area contributed by atoms with Gasteiger partial charge in [-0.1, -0.05) is 12.1 Å². The standard InChI is InChI=1S/C22H22N4O2/c1-15-24-21-11-19(28-14-17-6-4-16(12-23)5-7-17)8-9-20(21)22(25-15)26-10-2-3-18(26)13-27/h4-9,11,18,27H,2-3,10,13-14H2,1H3. The number of fused-ring (bicyclic) bond motifs is 1. The second-order valence-corrected chi connectivity index (χ2v) is 7.04. The van der Waals surface area contributed by atoms with E-state index in [4.69, 9.17) is 10.00 Å². The highest BCUT2D eigenvalue weighted by atomic mass is 16.5. The molecule has 6 nitrogen and oxygen atoms in total. The molecule has 1 atom stereocenters. The predicted molar refractivity (Wildman–Crippen MR) is 107 cm³/mol. The second-order valence-electron chi connectivity index (χ2n) is 7.04. The van der Waals surface area contributed by atoms with E-state index in [1.807, 2.05) is 37.3 Å². The van der Waals surface area contributed by atoms with Gasteiger partial charge in [0.25, 0.3) is 0 Å². The summed E-state index contributed by atoms with van der Waals surface area (Å²) < 4.78 is 5.92. The van der Waals surface area contributed by atoms with Crippen LogP contribution < -0.4 is 9.64 Å². The summed E-state index contributed by atoms with van der Waals surface area (Å²) in [6.07, 6.45) is 2.04. The molecule has 1 aliphatic heterocycles. The zero-order chi connectivity index (χ0) is 19.5. The average molecular weight is 374 g/mol. The van der Waals surface area contributed by atoms with Crippen molar-refractivity contribution >= 4 is 16.7 Å². The maximum atomic E-state index is 9.67. The van der Waals surface area contributed by atoms with E-state index in [9.17, 15) is 5.11 Å². The zero-order valence-corrected chi connectivity index (χ0v) is 15.8. The number of aromatic nitrogens is 2. The summed E-state index contributed by atoms with van der Waals surface area (Å²) in [7, 11) is 0. The van der Waals surface area contributed by atoms with Gasteiger partial charge in [0.1, 0.15) is 24.0 Å². The normalized spacial score (nSPS) is 16.3. The number of aliphatic hydroxyl groups excluding tert-OH is 1. The highest BCUT2D eigenvalue weighted by Crippen LogP contribution is 2.32. The van der Waals surface area contributed by atoms with Gasteiger partial charge in [0, 0.05) is 18.0 Å². The third-order valence-electron chi connectivity index (χ3n) is 5.11. The van der Waals surface area contributed by atoms with Crippen molar-refractivity contribution in [1.29, 1.82) is 5.26 Å².